The fraction of sp³-hybridized carbons (Fsp3) is 0.476. The molecule has 1 amide bonds. The monoisotopic (exact) mass is 545 g/mol. The van der Waals surface area contributed by atoms with E-state index in [9.17, 15) is 4.79 Å². The summed E-state index contributed by atoms with van der Waals surface area (Å²) in [5, 5.41) is 10.5. The second kappa shape index (κ2) is 12.1. The summed E-state index contributed by atoms with van der Waals surface area (Å²) < 4.78 is 5.26. The van der Waals surface area contributed by atoms with Crippen molar-refractivity contribution in [1.82, 2.24) is 15.6 Å². The number of nitrogens with one attached hydrogen (secondary N) is 3. The summed E-state index contributed by atoms with van der Waals surface area (Å²) in [6.07, 6.45) is 0.389. The van der Waals surface area contributed by atoms with Crippen molar-refractivity contribution < 1.29 is 9.53 Å². The number of thiazole rings is 1. The summed E-state index contributed by atoms with van der Waals surface area (Å²) in [7, 11) is 1.76. The van der Waals surface area contributed by atoms with Gasteiger partial charge in [0.25, 0.3) is 0 Å². The second-order valence-corrected chi connectivity index (χ2v) is 8.96. The zero-order valence-corrected chi connectivity index (χ0v) is 21.6. The molecule has 30 heavy (non-hydrogen) atoms. The Morgan fingerprint density at radius 3 is 2.37 bits per heavy atom. The summed E-state index contributed by atoms with van der Waals surface area (Å²) >= 11 is 1.70. The van der Waals surface area contributed by atoms with Crippen LogP contribution in [0.5, 0.6) is 0 Å². The Balaban J connectivity index is 0.00000450. The van der Waals surface area contributed by atoms with Crippen molar-refractivity contribution in [2.75, 3.05) is 18.9 Å². The molecule has 0 bridgehead atoms. The van der Waals surface area contributed by atoms with Crippen LogP contribution >= 0.6 is 35.3 Å². The van der Waals surface area contributed by atoms with Crippen LogP contribution in [0.2, 0.25) is 0 Å². The zero-order chi connectivity index (χ0) is 21.4. The molecule has 2 rings (SSSR count). The summed E-state index contributed by atoms with van der Waals surface area (Å²) in [5.74, 6) is 0.763. The SMILES string of the molecule is CN=C(NCCc1ccc(NC(=O)OC(C)(C)C)cc1)NCc1sc(C)nc1C.I. The van der Waals surface area contributed by atoms with E-state index < -0.39 is 11.7 Å². The first-order valence-electron chi connectivity index (χ1n) is 9.62. The van der Waals surface area contributed by atoms with E-state index in [0.717, 1.165) is 35.2 Å². The highest BCUT2D eigenvalue weighted by atomic mass is 127. The van der Waals surface area contributed by atoms with Gasteiger partial charge in [-0.05, 0) is 58.7 Å². The molecule has 0 atom stereocenters. The van der Waals surface area contributed by atoms with Gasteiger partial charge >= 0.3 is 6.09 Å². The van der Waals surface area contributed by atoms with E-state index in [2.05, 4.69) is 25.9 Å². The number of halogens is 1. The molecule has 0 aliphatic carbocycles. The topological polar surface area (TPSA) is 87.6 Å². The van der Waals surface area contributed by atoms with Crippen molar-refractivity contribution in [1.29, 1.82) is 0 Å². The maximum absolute atomic E-state index is 11.8. The Labute approximate surface area is 200 Å². The van der Waals surface area contributed by atoms with Crippen LogP contribution in [0.4, 0.5) is 10.5 Å². The molecule has 9 heteroatoms. The first-order chi connectivity index (χ1) is 13.7. The van der Waals surface area contributed by atoms with E-state index in [0.29, 0.717) is 12.2 Å². The van der Waals surface area contributed by atoms with Crippen molar-refractivity contribution in [3.63, 3.8) is 0 Å². The maximum Gasteiger partial charge on any atom is 0.412 e. The Kier molecular flexibility index (Phi) is 10.5. The molecular weight excluding hydrogens is 513 g/mol. The van der Waals surface area contributed by atoms with Crippen LogP contribution < -0.4 is 16.0 Å². The predicted octanol–water partition coefficient (Wildman–Crippen LogP) is 4.63. The van der Waals surface area contributed by atoms with Crippen molar-refractivity contribution in [2.24, 2.45) is 4.99 Å². The number of hydrogen-bond donors (Lipinski definition) is 3. The number of rotatable bonds is 6. The predicted molar refractivity (Wildman–Crippen MR) is 135 cm³/mol. The molecule has 0 fully saturated rings. The number of benzene rings is 1. The van der Waals surface area contributed by atoms with Crippen LogP contribution in [-0.2, 0) is 17.7 Å². The number of ether oxygens (including phenoxy) is 1. The molecule has 1 aromatic heterocycles. The number of aryl methyl sites for hydroxylation is 2. The highest BCUT2D eigenvalue weighted by molar-refractivity contribution is 14.0. The number of hydrogen-bond acceptors (Lipinski definition) is 5. The van der Waals surface area contributed by atoms with Crippen molar-refractivity contribution >= 4 is 53.1 Å². The Hall–Kier alpha value is -1.88. The minimum absolute atomic E-state index is 0. The summed E-state index contributed by atoms with van der Waals surface area (Å²) in [6.45, 7) is 11.0. The molecular formula is C21H32IN5O2S. The number of anilines is 1. The van der Waals surface area contributed by atoms with Gasteiger partial charge in [0.05, 0.1) is 17.2 Å². The largest absolute Gasteiger partial charge is 0.444 e. The normalized spacial score (nSPS) is 11.5. The van der Waals surface area contributed by atoms with Crippen LogP contribution in [-0.4, -0.2) is 36.2 Å². The number of carbonyl (C=O) groups is 1. The number of nitrogens with zero attached hydrogens (tertiary/aromatic N) is 2. The van der Waals surface area contributed by atoms with Crippen molar-refractivity contribution in [3.05, 3.63) is 45.4 Å². The molecule has 0 aliphatic rings. The van der Waals surface area contributed by atoms with Gasteiger partial charge in [0.2, 0.25) is 0 Å². The Morgan fingerprint density at radius 1 is 1.17 bits per heavy atom. The van der Waals surface area contributed by atoms with Crippen LogP contribution in [0, 0.1) is 13.8 Å². The maximum atomic E-state index is 11.8. The molecule has 0 aliphatic heterocycles. The van der Waals surface area contributed by atoms with Gasteiger partial charge in [-0.3, -0.25) is 10.3 Å². The lowest BCUT2D eigenvalue weighted by Gasteiger charge is -2.19. The van der Waals surface area contributed by atoms with Gasteiger partial charge in [-0.25, -0.2) is 9.78 Å². The van der Waals surface area contributed by atoms with Gasteiger partial charge < -0.3 is 15.4 Å². The van der Waals surface area contributed by atoms with Crippen LogP contribution in [0.1, 0.15) is 41.9 Å². The smallest absolute Gasteiger partial charge is 0.412 e. The standard InChI is InChI=1S/C21H31N5O2S.HI/c1-14-18(29-15(2)25-14)13-24-19(22-6)23-12-11-16-7-9-17(10-8-16)26-20(27)28-21(3,4)5;/h7-10H,11-13H2,1-6H3,(H,26,27)(H2,22,23,24);1H. The number of aromatic nitrogens is 1. The van der Waals surface area contributed by atoms with E-state index in [1.54, 1.807) is 18.4 Å². The Morgan fingerprint density at radius 2 is 1.83 bits per heavy atom. The summed E-state index contributed by atoms with van der Waals surface area (Å²) in [4.78, 5) is 21.7. The van der Waals surface area contributed by atoms with E-state index >= 15 is 0 Å². The number of carbonyl (C=O) groups excluding carboxylic acids is 1. The average Bonchev–Trinajstić information content (AvgIpc) is 2.95. The first-order valence-corrected chi connectivity index (χ1v) is 10.4. The minimum atomic E-state index is -0.514. The zero-order valence-electron chi connectivity index (χ0n) is 18.5. The molecule has 166 valence electrons. The van der Waals surface area contributed by atoms with Gasteiger partial charge in [-0.1, -0.05) is 12.1 Å². The molecule has 0 saturated heterocycles. The van der Waals surface area contributed by atoms with E-state index in [1.165, 1.54) is 4.88 Å². The fourth-order valence-electron chi connectivity index (χ4n) is 2.62. The van der Waals surface area contributed by atoms with E-state index in [1.807, 2.05) is 58.9 Å². The van der Waals surface area contributed by atoms with Crippen molar-refractivity contribution in [2.45, 2.75) is 53.2 Å². The van der Waals surface area contributed by atoms with Gasteiger partial charge in [-0.15, -0.1) is 35.3 Å². The molecule has 1 heterocycles. The third-order valence-electron chi connectivity index (χ3n) is 3.94. The summed E-state index contributed by atoms with van der Waals surface area (Å²) in [6, 6.07) is 7.74. The molecule has 7 nitrogen and oxygen atoms in total. The van der Waals surface area contributed by atoms with Gasteiger partial charge in [0.15, 0.2) is 5.96 Å². The number of aliphatic imine (C=N–C) groups is 1. The first kappa shape index (κ1) is 26.2. The third kappa shape index (κ3) is 9.29. The Bertz CT molecular complexity index is 844. The van der Waals surface area contributed by atoms with Crippen LogP contribution in [0.25, 0.3) is 0 Å². The molecule has 0 unspecified atom stereocenters. The lowest BCUT2D eigenvalue weighted by atomic mass is 10.1. The fourth-order valence-corrected chi connectivity index (χ4v) is 3.50. The average molecular weight is 545 g/mol. The third-order valence-corrected chi connectivity index (χ3v) is 5.02. The van der Waals surface area contributed by atoms with Crippen LogP contribution in [0.15, 0.2) is 29.3 Å². The highest BCUT2D eigenvalue weighted by Crippen LogP contribution is 2.16. The van der Waals surface area contributed by atoms with Crippen molar-refractivity contribution in [3.8, 4) is 0 Å². The highest BCUT2D eigenvalue weighted by Gasteiger charge is 2.16. The molecule has 2 aromatic rings. The second-order valence-electron chi connectivity index (χ2n) is 7.67. The lowest BCUT2D eigenvalue weighted by molar-refractivity contribution is 0.0636. The molecule has 0 radical (unpaired) electrons. The van der Waals surface area contributed by atoms with E-state index in [4.69, 9.17) is 4.74 Å². The van der Waals surface area contributed by atoms with Crippen LogP contribution in [0.3, 0.4) is 0 Å². The number of guanidine groups is 1. The molecule has 0 saturated carbocycles. The van der Waals surface area contributed by atoms with Gasteiger partial charge in [0.1, 0.15) is 5.60 Å². The van der Waals surface area contributed by atoms with Gasteiger partial charge in [-0.2, -0.15) is 0 Å². The van der Waals surface area contributed by atoms with E-state index in [-0.39, 0.29) is 24.0 Å². The minimum Gasteiger partial charge on any atom is -0.444 e. The van der Waals surface area contributed by atoms with Gasteiger partial charge in [0, 0.05) is 24.2 Å². The molecule has 0 spiro atoms. The lowest BCUT2D eigenvalue weighted by Crippen LogP contribution is -2.37. The molecule has 1 aromatic carbocycles. The summed E-state index contributed by atoms with van der Waals surface area (Å²) in [5.41, 5.74) is 2.43. The molecule has 3 N–H and O–H groups in total. The quantitative estimate of drug-likeness (QED) is 0.280. The number of amides is 1.